The van der Waals surface area contributed by atoms with E-state index in [0.717, 1.165) is 7.11 Å². The highest BCUT2D eigenvalue weighted by Crippen LogP contribution is 2.08. The number of aliphatic hydroxyl groups excluding tert-OH is 1. The molecule has 0 heterocycles. The first-order valence-electron chi connectivity index (χ1n) is 9.52. The van der Waals surface area contributed by atoms with Gasteiger partial charge in [-0.05, 0) is 38.9 Å². The number of nitrogens with zero attached hydrogens (tertiary/aromatic N) is 1. The summed E-state index contributed by atoms with van der Waals surface area (Å²) in [5, 5.41) is 7.00. The van der Waals surface area contributed by atoms with Crippen LogP contribution >= 0.6 is 0 Å². The van der Waals surface area contributed by atoms with Crippen LogP contribution in [-0.4, -0.2) is 36.8 Å². The van der Waals surface area contributed by atoms with Crippen molar-refractivity contribution in [1.29, 1.82) is 0 Å². The third-order valence-electron chi connectivity index (χ3n) is 3.98. The number of unbranched alkanes of at least 4 members (excludes halogenated alkanes) is 9. The summed E-state index contributed by atoms with van der Waals surface area (Å²) in [6.07, 6.45) is 16.8. The summed E-state index contributed by atoms with van der Waals surface area (Å²) in [4.78, 5) is 2.74. The lowest BCUT2D eigenvalue weighted by atomic mass is 10.1. The average molecular weight is 302 g/mol. The Morgan fingerprint density at radius 1 is 0.476 bits per heavy atom. The summed E-state index contributed by atoms with van der Waals surface area (Å²) in [6.45, 7) is 10.9. The van der Waals surface area contributed by atoms with Crippen molar-refractivity contribution in [3.8, 4) is 0 Å². The molecule has 0 aliphatic heterocycles. The van der Waals surface area contributed by atoms with Crippen molar-refractivity contribution in [3.63, 3.8) is 0 Å². The highest BCUT2D eigenvalue weighted by molar-refractivity contribution is 4.59. The van der Waals surface area contributed by atoms with E-state index in [1.54, 1.807) is 0 Å². The van der Waals surface area contributed by atoms with E-state index in [0.29, 0.717) is 0 Å². The Labute approximate surface area is 135 Å². The van der Waals surface area contributed by atoms with Gasteiger partial charge in [-0.25, -0.2) is 0 Å². The largest absolute Gasteiger partial charge is 0.400 e. The summed E-state index contributed by atoms with van der Waals surface area (Å²) >= 11 is 0. The molecule has 0 aromatic rings. The van der Waals surface area contributed by atoms with Gasteiger partial charge in [0.05, 0.1) is 0 Å². The van der Waals surface area contributed by atoms with Crippen LogP contribution in [0.2, 0.25) is 0 Å². The average Bonchev–Trinajstić information content (AvgIpc) is 2.53. The van der Waals surface area contributed by atoms with E-state index >= 15 is 0 Å². The minimum Gasteiger partial charge on any atom is -0.400 e. The smallest absolute Gasteiger partial charge is 0.0319 e. The summed E-state index contributed by atoms with van der Waals surface area (Å²) < 4.78 is 0. The Morgan fingerprint density at radius 2 is 0.762 bits per heavy atom. The molecule has 130 valence electrons. The van der Waals surface area contributed by atoms with E-state index in [9.17, 15) is 0 Å². The monoisotopic (exact) mass is 301 g/mol. The van der Waals surface area contributed by atoms with Gasteiger partial charge in [-0.2, -0.15) is 0 Å². The SMILES string of the molecule is CCCCCCN(CCCCCC)CCCCCC.CO. The first-order valence-corrected chi connectivity index (χ1v) is 9.52. The maximum atomic E-state index is 7.00. The van der Waals surface area contributed by atoms with Crippen LogP contribution in [-0.2, 0) is 0 Å². The third-order valence-corrected chi connectivity index (χ3v) is 3.98. The van der Waals surface area contributed by atoms with E-state index in [4.69, 9.17) is 5.11 Å². The molecule has 2 nitrogen and oxygen atoms in total. The molecular weight excluding hydrogens is 258 g/mol. The van der Waals surface area contributed by atoms with E-state index in [2.05, 4.69) is 25.7 Å². The highest BCUT2D eigenvalue weighted by atomic mass is 16.2. The van der Waals surface area contributed by atoms with Crippen LogP contribution in [0.15, 0.2) is 0 Å². The van der Waals surface area contributed by atoms with E-state index in [1.807, 2.05) is 0 Å². The van der Waals surface area contributed by atoms with Crippen molar-refractivity contribution in [1.82, 2.24) is 4.90 Å². The standard InChI is InChI=1S/C18H39N.CH4O/c1-4-7-10-13-16-19(17-14-11-8-5-2)18-15-12-9-6-3;1-2/h4-18H2,1-3H3;2H,1H3. The number of hydrogen-bond acceptors (Lipinski definition) is 2. The quantitative estimate of drug-likeness (QED) is 0.396. The lowest BCUT2D eigenvalue weighted by Gasteiger charge is -2.22. The summed E-state index contributed by atoms with van der Waals surface area (Å²) in [5.74, 6) is 0. The molecule has 0 radical (unpaired) electrons. The van der Waals surface area contributed by atoms with Crippen LogP contribution < -0.4 is 0 Å². The fraction of sp³-hybridized carbons (Fsp3) is 1.00. The van der Waals surface area contributed by atoms with Crippen LogP contribution in [0.5, 0.6) is 0 Å². The fourth-order valence-electron chi connectivity index (χ4n) is 2.62. The van der Waals surface area contributed by atoms with Crippen LogP contribution in [0.25, 0.3) is 0 Å². The van der Waals surface area contributed by atoms with Crippen LogP contribution in [0.3, 0.4) is 0 Å². The van der Waals surface area contributed by atoms with Crippen molar-refractivity contribution >= 4 is 0 Å². The lowest BCUT2D eigenvalue weighted by Crippen LogP contribution is -2.27. The Morgan fingerprint density at radius 3 is 1.00 bits per heavy atom. The fourth-order valence-corrected chi connectivity index (χ4v) is 2.62. The molecule has 0 spiro atoms. The zero-order chi connectivity index (χ0) is 16.2. The molecule has 0 aliphatic rings. The molecule has 0 aliphatic carbocycles. The zero-order valence-corrected chi connectivity index (χ0v) is 15.5. The molecule has 0 fully saturated rings. The zero-order valence-electron chi connectivity index (χ0n) is 15.5. The number of aliphatic hydroxyl groups is 1. The molecule has 1 N–H and O–H groups in total. The first-order chi connectivity index (χ1) is 10.3. The second-order valence-corrected chi connectivity index (χ2v) is 6.02. The minimum absolute atomic E-state index is 1.00. The van der Waals surface area contributed by atoms with E-state index in [-0.39, 0.29) is 0 Å². The van der Waals surface area contributed by atoms with Gasteiger partial charge in [0.1, 0.15) is 0 Å². The maximum Gasteiger partial charge on any atom is 0.0319 e. The van der Waals surface area contributed by atoms with Gasteiger partial charge in [-0.3, -0.25) is 0 Å². The van der Waals surface area contributed by atoms with Crippen LogP contribution in [0.1, 0.15) is 97.8 Å². The van der Waals surface area contributed by atoms with Gasteiger partial charge in [0.25, 0.3) is 0 Å². The molecule has 0 amide bonds. The molecule has 0 saturated carbocycles. The van der Waals surface area contributed by atoms with Gasteiger partial charge in [0.2, 0.25) is 0 Å². The highest BCUT2D eigenvalue weighted by Gasteiger charge is 2.04. The van der Waals surface area contributed by atoms with Gasteiger partial charge >= 0.3 is 0 Å². The normalized spacial score (nSPS) is 10.6. The minimum atomic E-state index is 1.00. The molecule has 0 aromatic heterocycles. The predicted molar refractivity (Wildman–Crippen MR) is 97.0 cm³/mol. The molecule has 0 unspecified atom stereocenters. The number of rotatable bonds is 15. The second kappa shape index (κ2) is 22.2. The molecule has 2 heteroatoms. The van der Waals surface area contributed by atoms with Crippen molar-refractivity contribution < 1.29 is 5.11 Å². The molecule has 0 bridgehead atoms. The molecule has 21 heavy (non-hydrogen) atoms. The Hall–Kier alpha value is -0.0800. The molecule has 0 saturated heterocycles. The second-order valence-electron chi connectivity index (χ2n) is 6.02. The van der Waals surface area contributed by atoms with E-state index < -0.39 is 0 Å². The number of hydrogen-bond donors (Lipinski definition) is 1. The molecular formula is C19H43NO. The summed E-state index contributed by atoms with van der Waals surface area (Å²) in [5.41, 5.74) is 0. The van der Waals surface area contributed by atoms with Crippen molar-refractivity contribution in [2.24, 2.45) is 0 Å². The molecule has 0 atom stereocenters. The Balaban J connectivity index is 0. The lowest BCUT2D eigenvalue weighted by molar-refractivity contribution is 0.255. The third kappa shape index (κ3) is 19.9. The van der Waals surface area contributed by atoms with Gasteiger partial charge in [-0.15, -0.1) is 0 Å². The van der Waals surface area contributed by atoms with Gasteiger partial charge < -0.3 is 10.0 Å². The van der Waals surface area contributed by atoms with Gasteiger partial charge in [0, 0.05) is 7.11 Å². The van der Waals surface area contributed by atoms with E-state index in [1.165, 1.54) is 96.7 Å². The maximum absolute atomic E-state index is 7.00. The van der Waals surface area contributed by atoms with Gasteiger partial charge in [-0.1, -0.05) is 78.6 Å². The van der Waals surface area contributed by atoms with Crippen LogP contribution in [0.4, 0.5) is 0 Å². The van der Waals surface area contributed by atoms with Crippen LogP contribution in [0, 0.1) is 0 Å². The topological polar surface area (TPSA) is 23.5 Å². The molecule has 0 aromatic carbocycles. The first kappa shape index (κ1) is 23.2. The van der Waals surface area contributed by atoms with Crippen molar-refractivity contribution in [3.05, 3.63) is 0 Å². The van der Waals surface area contributed by atoms with Crippen molar-refractivity contribution in [2.45, 2.75) is 97.8 Å². The molecule has 0 rings (SSSR count). The van der Waals surface area contributed by atoms with Crippen molar-refractivity contribution in [2.75, 3.05) is 26.7 Å². The predicted octanol–water partition coefficient (Wildman–Crippen LogP) is 5.64. The summed E-state index contributed by atoms with van der Waals surface area (Å²) in [6, 6.07) is 0. The Kier molecular flexibility index (Phi) is 24.5. The summed E-state index contributed by atoms with van der Waals surface area (Å²) in [7, 11) is 1.00. The Bertz CT molecular complexity index is 133. The van der Waals surface area contributed by atoms with Gasteiger partial charge in [0.15, 0.2) is 0 Å².